The van der Waals surface area contributed by atoms with Crippen molar-refractivity contribution in [2.45, 2.75) is 53.2 Å². The minimum absolute atomic E-state index is 0.215. The van der Waals surface area contributed by atoms with Gasteiger partial charge in [-0.15, -0.1) is 0 Å². The molecule has 24 heavy (non-hydrogen) atoms. The molecule has 1 atom stereocenters. The van der Waals surface area contributed by atoms with E-state index >= 15 is 0 Å². The fourth-order valence-corrected chi connectivity index (χ4v) is 1.78. The normalized spacial score (nSPS) is 12.2. The highest BCUT2D eigenvalue weighted by atomic mass is 16.6. The summed E-state index contributed by atoms with van der Waals surface area (Å²) in [4.78, 5) is 27.7. The summed E-state index contributed by atoms with van der Waals surface area (Å²) in [6.45, 7) is 11.1. The number of aromatic nitrogens is 1. The number of carbonyl (C=O) groups excluding carboxylic acids is 2. The van der Waals surface area contributed by atoms with Crippen molar-refractivity contribution in [3.63, 3.8) is 0 Å². The summed E-state index contributed by atoms with van der Waals surface area (Å²) in [5, 5.41) is 2.68. The molecule has 1 aromatic rings. The minimum atomic E-state index is -0.555. The third kappa shape index (κ3) is 6.85. The molecule has 1 unspecified atom stereocenters. The van der Waals surface area contributed by atoms with Gasteiger partial charge in [0, 0.05) is 0 Å². The van der Waals surface area contributed by atoms with Gasteiger partial charge in [0.25, 0.3) is 0 Å². The van der Waals surface area contributed by atoms with E-state index in [9.17, 15) is 9.59 Å². The molecule has 1 N–H and O–H groups in total. The molecule has 0 bridgehead atoms. The smallest absolute Gasteiger partial charge is 0.407 e. The molecule has 1 amide bonds. The van der Waals surface area contributed by atoms with E-state index in [2.05, 4.69) is 10.3 Å². The summed E-state index contributed by atoms with van der Waals surface area (Å²) in [6.07, 6.45) is 1.02. The Balaban J connectivity index is 2.59. The van der Waals surface area contributed by atoms with E-state index in [0.29, 0.717) is 23.6 Å². The number of nitrogens with one attached hydrogen (secondary N) is 1. The van der Waals surface area contributed by atoms with E-state index in [1.807, 2.05) is 0 Å². The van der Waals surface area contributed by atoms with Crippen molar-refractivity contribution in [1.82, 2.24) is 10.3 Å². The monoisotopic (exact) mass is 338 g/mol. The number of alkyl carbamates (subject to hydrolysis) is 1. The van der Waals surface area contributed by atoms with E-state index in [1.54, 1.807) is 47.6 Å². The molecule has 1 heterocycles. The van der Waals surface area contributed by atoms with Gasteiger partial charge in [-0.1, -0.05) is 0 Å². The minimum Gasteiger partial charge on any atom is -0.490 e. The first kappa shape index (κ1) is 19.7. The lowest BCUT2D eigenvalue weighted by atomic mass is 10.2. The average molecular weight is 338 g/mol. The number of aryl methyl sites for hydroxylation is 1. The Morgan fingerprint density at radius 2 is 2.00 bits per heavy atom. The van der Waals surface area contributed by atoms with Gasteiger partial charge in [-0.25, -0.2) is 9.59 Å². The van der Waals surface area contributed by atoms with Crippen molar-refractivity contribution in [3.8, 4) is 5.75 Å². The highest BCUT2D eigenvalue weighted by Crippen LogP contribution is 2.16. The third-order valence-corrected chi connectivity index (χ3v) is 2.82. The zero-order valence-corrected chi connectivity index (χ0v) is 15.1. The zero-order chi connectivity index (χ0) is 18.3. The number of nitrogens with zero attached hydrogens (tertiary/aromatic N) is 1. The molecule has 0 aliphatic carbocycles. The van der Waals surface area contributed by atoms with Crippen LogP contribution in [0.3, 0.4) is 0 Å². The van der Waals surface area contributed by atoms with Crippen LogP contribution in [0.2, 0.25) is 0 Å². The molecule has 1 rings (SSSR count). The van der Waals surface area contributed by atoms with Gasteiger partial charge in [-0.3, -0.25) is 4.98 Å². The third-order valence-electron chi connectivity index (χ3n) is 2.82. The van der Waals surface area contributed by atoms with Crippen LogP contribution in [-0.2, 0) is 9.47 Å². The first-order chi connectivity index (χ1) is 11.1. The van der Waals surface area contributed by atoms with E-state index in [-0.39, 0.29) is 12.6 Å². The Hall–Kier alpha value is -2.31. The lowest BCUT2D eigenvalue weighted by Crippen LogP contribution is -2.40. The number of carbonyl (C=O) groups is 2. The topological polar surface area (TPSA) is 86.8 Å². The number of esters is 1. The number of pyridine rings is 1. The van der Waals surface area contributed by atoms with Crippen LogP contribution in [0, 0.1) is 6.92 Å². The van der Waals surface area contributed by atoms with Gasteiger partial charge in [0.15, 0.2) is 0 Å². The maximum absolute atomic E-state index is 11.8. The predicted octanol–water partition coefficient (Wildman–Crippen LogP) is 2.86. The second-order valence-electron chi connectivity index (χ2n) is 6.38. The Morgan fingerprint density at radius 3 is 2.58 bits per heavy atom. The summed E-state index contributed by atoms with van der Waals surface area (Å²) in [7, 11) is 0. The van der Waals surface area contributed by atoms with Gasteiger partial charge in [-0.05, 0) is 47.6 Å². The molecule has 134 valence electrons. The summed E-state index contributed by atoms with van der Waals surface area (Å²) >= 11 is 0. The second-order valence-corrected chi connectivity index (χ2v) is 6.38. The fourth-order valence-electron chi connectivity index (χ4n) is 1.78. The van der Waals surface area contributed by atoms with Crippen LogP contribution in [0.1, 0.15) is 50.7 Å². The molecule has 0 aliphatic heterocycles. The SMILES string of the molecule is CCOC(=O)c1cc(OCC(C)NC(=O)OC(C)(C)C)cnc1C. The number of ether oxygens (including phenoxy) is 3. The molecular formula is C17H26N2O5. The number of rotatable bonds is 6. The Labute approximate surface area is 142 Å². The Kier molecular flexibility index (Phi) is 7.00. The van der Waals surface area contributed by atoms with E-state index in [0.717, 1.165) is 0 Å². The van der Waals surface area contributed by atoms with Crippen LogP contribution in [0.25, 0.3) is 0 Å². The van der Waals surface area contributed by atoms with E-state index < -0.39 is 17.7 Å². The van der Waals surface area contributed by atoms with Gasteiger partial charge >= 0.3 is 12.1 Å². The predicted molar refractivity (Wildman–Crippen MR) is 89.3 cm³/mol. The number of amides is 1. The first-order valence-electron chi connectivity index (χ1n) is 7.88. The summed E-state index contributed by atoms with van der Waals surface area (Å²) in [5.41, 5.74) is 0.378. The zero-order valence-electron chi connectivity index (χ0n) is 15.1. The lowest BCUT2D eigenvalue weighted by Gasteiger charge is -2.22. The van der Waals surface area contributed by atoms with Crippen molar-refractivity contribution in [3.05, 3.63) is 23.5 Å². The van der Waals surface area contributed by atoms with Gasteiger partial charge in [0.1, 0.15) is 18.0 Å². The molecule has 0 saturated carbocycles. The van der Waals surface area contributed by atoms with Crippen LogP contribution in [0.4, 0.5) is 4.79 Å². The highest BCUT2D eigenvalue weighted by molar-refractivity contribution is 5.90. The average Bonchev–Trinajstić information content (AvgIpc) is 2.44. The van der Waals surface area contributed by atoms with Crippen LogP contribution in [0.5, 0.6) is 5.75 Å². The molecule has 7 nitrogen and oxygen atoms in total. The van der Waals surface area contributed by atoms with E-state index in [1.165, 1.54) is 6.20 Å². The fraction of sp³-hybridized carbons (Fsp3) is 0.588. The largest absolute Gasteiger partial charge is 0.490 e. The quantitative estimate of drug-likeness (QED) is 0.803. The lowest BCUT2D eigenvalue weighted by molar-refractivity contribution is 0.0492. The maximum Gasteiger partial charge on any atom is 0.407 e. The van der Waals surface area contributed by atoms with Gasteiger partial charge in [-0.2, -0.15) is 0 Å². The van der Waals surface area contributed by atoms with Crippen LogP contribution >= 0.6 is 0 Å². The van der Waals surface area contributed by atoms with Crippen molar-refractivity contribution < 1.29 is 23.8 Å². The molecule has 0 spiro atoms. The second kappa shape index (κ2) is 8.52. The molecule has 0 saturated heterocycles. The molecule has 1 aromatic heterocycles. The maximum atomic E-state index is 11.8. The molecule has 7 heteroatoms. The molecule has 0 fully saturated rings. The summed E-state index contributed by atoms with van der Waals surface area (Å²) in [6, 6.07) is 1.31. The van der Waals surface area contributed by atoms with Crippen molar-refractivity contribution >= 4 is 12.1 Å². The molecule has 0 aliphatic rings. The van der Waals surface area contributed by atoms with Gasteiger partial charge in [0.05, 0.1) is 30.1 Å². The highest BCUT2D eigenvalue weighted by Gasteiger charge is 2.18. The van der Waals surface area contributed by atoms with E-state index in [4.69, 9.17) is 14.2 Å². The van der Waals surface area contributed by atoms with Crippen LogP contribution in [-0.4, -0.2) is 41.9 Å². The number of hydrogen-bond acceptors (Lipinski definition) is 6. The Bertz CT molecular complexity index is 581. The van der Waals surface area contributed by atoms with Crippen LogP contribution in [0.15, 0.2) is 12.3 Å². The molecular weight excluding hydrogens is 312 g/mol. The summed E-state index contributed by atoms with van der Waals surface area (Å²) in [5.74, 6) is -0.00521. The standard InChI is InChI=1S/C17H26N2O5/c1-7-22-15(20)14-8-13(9-18-12(14)3)23-10-11(2)19-16(21)24-17(4,5)6/h8-9,11H,7,10H2,1-6H3,(H,19,21). The number of hydrogen-bond donors (Lipinski definition) is 1. The molecule has 0 aromatic carbocycles. The van der Waals surface area contributed by atoms with Crippen molar-refractivity contribution in [2.75, 3.05) is 13.2 Å². The first-order valence-corrected chi connectivity index (χ1v) is 7.88. The van der Waals surface area contributed by atoms with Gasteiger partial charge in [0.2, 0.25) is 0 Å². The summed E-state index contributed by atoms with van der Waals surface area (Å²) < 4.78 is 15.7. The van der Waals surface area contributed by atoms with Crippen LogP contribution < -0.4 is 10.1 Å². The van der Waals surface area contributed by atoms with Gasteiger partial charge < -0.3 is 19.5 Å². The Morgan fingerprint density at radius 1 is 1.33 bits per heavy atom. The van der Waals surface area contributed by atoms with Crippen molar-refractivity contribution in [1.29, 1.82) is 0 Å². The molecule has 0 radical (unpaired) electrons. The van der Waals surface area contributed by atoms with Crippen molar-refractivity contribution in [2.24, 2.45) is 0 Å².